The molecule has 0 saturated heterocycles. The van der Waals surface area contributed by atoms with Crippen molar-refractivity contribution in [2.75, 3.05) is 6.61 Å². The lowest BCUT2D eigenvalue weighted by Crippen LogP contribution is -2.75. The maximum Gasteiger partial charge on any atom is 0.416 e. The third kappa shape index (κ3) is 16.6. The molecule has 81 heavy (non-hydrogen) atoms. The molecule has 0 spiro atoms. The number of aromatic nitrogens is 2. The van der Waals surface area contributed by atoms with Gasteiger partial charge >= 0.3 is 61.1 Å². The molecule has 4 nitrogen and oxygen atoms in total. The summed E-state index contributed by atoms with van der Waals surface area (Å²) in [7, 11) is 0. The van der Waals surface area contributed by atoms with Crippen LogP contribution in [0, 0.1) is 0 Å². The summed E-state index contributed by atoms with van der Waals surface area (Å²) in [5, 5.41) is 0. The Labute approximate surface area is 443 Å². The normalized spacial score (nSPS) is 13.2. The van der Waals surface area contributed by atoms with E-state index in [-0.39, 0.29) is 5.97 Å². The number of ether oxygens (including phenoxy) is 1. The predicted molar refractivity (Wildman–Crippen MR) is 244 cm³/mol. The van der Waals surface area contributed by atoms with Crippen LogP contribution in [-0.4, -0.2) is 23.7 Å². The van der Waals surface area contributed by atoms with E-state index in [9.17, 15) is 110 Å². The molecular formula is C52H39BF24N2O2. The van der Waals surface area contributed by atoms with Gasteiger partial charge in [-0.2, -0.15) is 132 Å². The highest BCUT2D eigenvalue weighted by atomic mass is 19.4. The lowest BCUT2D eigenvalue weighted by atomic mass is 9.12. The van der Waals surface area contributed by atoms with Gasteiger partial charge in [0.25, 0.3) is 0 Å². The molecule has 0 aliphatic rings. The van der Waals surface area contributed by atoms with E-state index >= 15 is 0 Å². The van der Waals surface area contributed by atoms with E-state index in [4.69, 9.17) is 4.74 Å². The molecule has 0 radical (unpaired) electrons. The molecule has 0 bridgehead atoms. The van der Waals surface area contributed by atoms with Gasteiger partial charge in [-0.3, -0.25) is 4.98 Å². The average molecular weight is 1190 g/mol. The van der Waals surface area contributed by atoms with E-state index in [2.05, 4.69) is 11.9 Å². The smallest absolute Gasteiger partial charge is 0.416 e. The van der Waals surface area contributed by atoms with Crippen molar-refractivity contribution < 1.29 is 119 Å². The summed E-state index contributed by atoms with van der Waals surface area (Å²) in [5.74, 6) is -0.299. The number of benzene rings is 5. The Morgan fingerprint density at radius 2 is 0.728 bits per heavy atom. The molecule has 0 aliphatic heterocycles. The number of hydrogen-bond acceptors (Lipinski definition) is 3. The minimum absolute atomic E-state index is 0.299. The van der Waals surface area contributed by atoms with Crippen molar-refractivity contribution in [3.63, 3.8) is 0 Å². The zero-order valence-corrected chi connectivity index (χ0v) is 41.1. The van der Waals surface area contributed by atoms with Gasteiger partial charge in [0.2, 0.25) is 0 Å². The van der Waals surface area contributed by atoms with Gasteiger partial charge in [-0.1, -0.05) is 118 Å². The van der Waals surface area contributed by atoms with Crippen LogP contribution >= 0.6 is 0 Å². The fourth-order valence-electron chi connectivity index (χ4n) is 8.67. The van der Waals surface area contributed by atoms with E-state index in [0.29, 0.717) is 18.8 Å². The standard InChI is InChI=1S/C32H12BF24.C20H27N2O2/c34-25(35,36)13-1-14(26(37,38)39)6-21(5-13)33(22-7-15(27(40,41)42)2-16(8-22)28(43,44)45,23-9-17(29(46,47)48)3-18(10-23)30(49,50)51)24-11-19(31(52,53)54)4-20(12-24)32(55,56)57;1-2-3-4-5-6-10-15-24-20(23)19-16-21-13-14-22(19)17-18-11-8-7-9-12-18/h1-12H;7-9,11-14,16H,2-6,10,15,17H2,1H3/q-1;+1. The van der Waals surface area contributed by atoms with Crippen LogP contribution in [0.3, 0.4) is 0 Å². The summed E-state index contributed by atoms with van der Waals surface area (Å²) in [4.78, 5) is 16.4. The molecule has 1 heterocycles. The van der Waals surface area contributed by atoms with Crippen LogP contribution in [-0.2, 0) is 60.7 Å². The second-order valence-electron chi connectivity index (χ2n) is 18.2. The van der Waals surface area contributed by atoms with Gasteiger partial charge in [0.1, 0.15) is 12.3 Å². The van der Waals surface area contributed by atoms with Crippen molar-refractivity contribution in [3.8, 4) is 0 Å². The Morgan fingerprint density at radius 1 is 0.432 bits per heavy atom. The van der Waals surface area contributed by atoms with Crippen LogP contribution < -0.4 is 26.4 Å². The van der Waals surface area contributed by atoms with Gasteiger partial charge in [0, 0.05) is 5.56 Å². The quantitative estimate of drug-likeness (QED) is 0.0359. The average Bonchev–Trinajstić information content (AvgIpc) is 3.20. The molecule has 29 heteroatoms. The highest BCUT2D eigenvalue weighted by Gasteiger charge is 2.47. The second-order valence-corrected chi connectivity index (χ2v) is 18.2. The predicted octanol–water partition coefficient (Wildman–Crippen LogP) is 15.1. The van der Waals surface area contributed by atoms with Crippen molar-refractivity contribution in [1.82, 2.24) is 4.98 Å². The monoisotopic (exact) mass is 1190 g/mol. The number of nitrogens with zero attached hydrogens (tertiary/aromatic N) is 2. The first-order chi connectivity index (χ1) is 37.1. The fourth-order valence-corrected chi connectivity index (χ4v) is 8.67. The summed E-state index contributed by atoms with van der Waals surface area (Å²) in [6.07, 6.45) is -42.7. The zero-order chi connectivity index (χ0) is 61.0. The lowest BCUT2D eigenvalue weighted by molar-refractivity contribution is -0.691. The van der Waals surface area contributed by atoms with Gasteiger partial charge in [-0.25, -0.2) is 4.79 Å². The molecule has 6 aromatic rings. The van der Waals surface area contributed by atoms with E-state index in [1.165, 1.54) is 25.7 Å². The number of alkyl halides is 24. The van der Waals surface area contributed by atoms with Crippen LogP contribution in [0.2, 0.25) is 0 Å². The van der Waals surface area contributed by atoms with E-state index < -0.39 is 195 Å². The van der Waals surface area contributed by atoms with Crippen molar-refractivity contribution >= 4 is 34.0 Å². The first-order valence-corrected chi connectivity index (χ1v) is 23.5. The first kappa shape index (κ1) is 64.9. The van der Waals surface area contributed by atoms with Gasteiger partial charge in [0.15, 0.2) is 12.7 Å². The minimum Gasteiger partial charge on any atom is -0.458 e. The molecular weight excluding hydrogens is 1150 g/mol. The summed E-state index contributed by atoms with van der Waals surface area (Å²) in [6.45, 7) is 3.32. The minimum atomic E-state index is -6.13. The lowest BCUT2D eigenvalue weighted by Gasteiger charge is -2.46. The number of esters is 1. The molecule has 440 valence electrons. The van der Waals surface area contributed by atoms with E-state index in [0.717, 1.165) is 18.4 Å². The van der Waals surface area contributed by atoms with Gasteiger partial charge in [-0.15, -0.1) is 0 Å². The largest absolute Gasteiger partial charge is 0.458 e. The Bertz CT molecular complexity index is 2680. The molecule has 6 rings (SSSR count). The highest BCUT2D eigenvalue weighted by Crippen LogP contribution is 2.41. The maximum absolute atomic E-state index is 14.2. The summed E-state index contributed by atoms with van der Waals surface area (Å²) in [6, 6.07) is 1.24. The number of unbranched alkanes of at least 4 members (excludes halogenated alkanes) is 5. The van der Waals surface area contributed by atoms with Crippen LogP contribution in [0.15, 0.2) is 122 Å². The molecule has 0 fully saturated rings. The number of carbonyl (C=O) groups excluding carboxylic acids is 1. The maximum atomic E-state index is 14.2. The number of hydrogen-bond donors (Lipinski definition) is 0. The highest BCUT2D eigenvalue weighted by molar-refractivity contribution is 7.20. The van der Waals surface area contributed by atoms with Gasteiger partial charge in [0.05, 0.1) is 57.3 Å². The zero-order valence-electron chi connectivity index (χ0n) is 41.1. The Balaban J connectivity index is 0.000000416. The van der Waals surface area contributed by atoms with E-state index in [1.807, 2.05) is 41.1 Å². The van der Waals surface area contributed by atoms with Crippen LogP contribution in [0.25, 0.3) is 0 Å². The van der Waals surface area contributed by atoms with Gasteiger partial charge < -0.3 is 4.74 Å². The number of halogens is 24. The molecule has 5 aromatic carbocycles. The second kappa shape index (κ2) is 24.2. The Morgan fingerprint density at radius 3 is 1.02 bits per heavy atom. The van der Waals surface area contributed by atoms with Gasteiger partial charge in [-0.05, 0) is 30.7 Å². The van der Waals surface area contributed by atoms with Crippen molar-refractivity contribution in [2.24, 2.45) is 0 Å². The van der Waals surface area contributed by atoms with Crippen molar-refractivity contribution in [1.29, 1.82) is 0 Å². The van der Waals surface area contributed by atoms with E-state index in [1.54, 1.807) is 12.4 Å². The molecule has 0 N–H and O–H groups in total. The third-order valence-electron chi connectivity index (χ3n) is 12.4. The third-order valence-corrected chi connectivity index (χ3v) is 12.4. The number of carbonyl (C=O) groups is 1. The van der Waals surface area contributed by atoms with Crippen LogP contribution in [0.4, 0.5) is 105 Å². The molecule has 0 unspecified atom stereocenters. The molecule has 0 atom stereocenters. The topological polar surface area (TPSA) is 43.1 Å². The Kier molecular flexibility index (Phi) is 19.4. The summed E-state index contributed by atoms with van der Waals surface area (Å²) in [5.41, 5.74) is -28.6. The SMILES string of the molecule is CCCCCCCCOC(=O)c1cncc[n+]1Cc1ccccc1.FC(F)(F)c1cc([B-](c2cc(C(F)(F)F)cc(C(F)(F)F)c2)(c2cc(C(F)(F)F)cc(C(F)(F)F)c2)c2cc(C(F)(F)F)cc(C(F)(F)F)c2)cc(C(F)(F)F)c1. The van der Waals surface area contributed by atoms with Crippen molar-refractivity contribution in [3.05, 3.63) is 177 Å². The molecule has 0 saturated carbocycles. The Hall–Kier alpha value is -6.97. The summed E-state index contributed by atoms with van der Waals surface area (Å²) >= 11 is 0. The molecule has 1 aromatic heterocycles. The molecule has 0 aliphatic carbocycles. The summed E-state index contributed by atoms with van der Waals surface area (Å²) < 4.78 is 348. The number of rotatable bonds is 14. The van der Waals surface area contributed by atoms with Crippen molar-refractivity contribution in [2.45, 2.75) is 101 Å². The first-order valence-electron chi connectivity index (χ1n) is 23.5. The molecule has 0 amide bonds. The van der Waals surface area contributed by atoms with Crippen LogP contribution in [0.1, 0.15) is 106 Å². The van der Waals surface area contributed by atoms with Crippen LogP contribution in [0.5, 0.6) is 0 Å². The fraction of sp³-hybridized carbons (Fsp3) is 0.327.